The molecule has 1 aromatic carbocycles. The van der Waals surface area contributed by atoms with E-state index in [4.69, 9.17) is 27.7 Å². The van der Waals surface area contributed by atoms with Crippen LogP contribution in [-0.2, 0) is 4.74 Å². The lowest BCUT2D eigenvalue weighted by Gasteiger charge is -2.59. The summed E-state index contributed by atoms with van der Waals surface area (Å²) in [4.78, 5) is 0. The number of hydrogen-bond acceptors (Lipinski definition) is 5. The van der Waals surface area contributed by atoms with Gasteiger partial charge < -0.3 is 27.7 Å². The SMILES string of the molecule is C=C(OC1CCC2(C)C(C=CC3C2CCC2(C)C(CCCCCC)CCC32)C1)c1cc(N)cc(N)c1.C=C/C(N)=C\C(=C)N. The third-order valence-corrected chi connectivity index (χ3v) is 11.9. The molecule has 8 unspecified atom stereocenters. The maximum Gasteiger partial charge on any atom is 0.119 e. The van der Waals surface area contributed by atoms with Gasteiger partial charge in [-0.15, -0.1) is 0 Å². The fourth-order valence-corrected chi connectivity index (χ4v) is 9.47. The average molecular weight is 601 g/mol. The van der Waals surface area contributed by atoms with E-state index in [1.54, 1.807) is 12.1 Å². The molecule has 4 aliphatic rings. The highest BCUT2D eigenvalue weighted by Gasteiger charge is 2.58. The number of hydrogen-bond donors (Lipinski definition) is 4. The van der Waals surface area contributed by atoms with E-state index in [9.17, 15) is 0 Å². The molecule has 8 N–H and O–H groups in total. The minimum absolute atomic E-state index is 0.215. The number of ether oxygens (including phenoxy) is 1. The van der Waals surface area contributed by atoms with Crippen molar-refractivity contribution in [3.63, 3.8) is 0 Å². The molecule has 3 saturated carbocycles. The number of unbranched alkanes of at least 4 members (excludes halogenated alkanes) is 3. The molecule has 0 saturated heterocycles. The molecule has 4 aliphatic carbocycles. The van der Waals surface area contributed by atoms with Gasteiger partial charge in [-0.05, 0) is 122 Å². The summed E-state index contributed by atoms with van der Waals surface area (Å²) in [5.74, 6) is 4.77. The number of allylic oxidation sites excluding steroid dienone is 4. The maximum absolute atomic E-state index is 6.43. The van der Waals surface area contributed by atoms with Crippen molar-refractivity contribution in [2.45, 2.75) is 104 Å². The molecular formula is C39H60N4O. The van der Waals surface area contributed by atoms with Gasteiger partial charge in [0.2, 0.25) is 0 Å². The summed E-state index contributed by atoms with van der Waals surface area (Å²) in [6.07, 6.45) is 24.9. The summed E-state index contributed by atoms with van der Waals surface area (Å²) < 4.78 is 6.43. The fraction of sp³-hybridized carbons (Fsp3) is 0.590. The Morgan fingerprint density at radius 2 is 1.59 bits per heavy atom. The highest BCUT2D eigenvalue weighted by Crippen LogP contribution is 2.66. The summed E-state index contributed by atoms with van der Waals surface area (Å²) in [5.41, 5.74) is 26.6. The summed E-state index contributed by atoms with van der Waals surface area (Å²) >= 11 is 0. The molecule has 3 fully saturated rings. The first-order valence-corrected chi connectivity index (χ1v) is 17.2. The van der Waals surface area contributed by atoms with Gasteiger partial charge in [0, 0.05) is 28.3 Å². The van der Waals surface area contributed by atoms with Crippen molar-refractivity contribution >= 4 is 17.1 Å². The molecule has 0 heterocycles. The van der Waals surface area contributed by atoms with Gasteiger partial charge in [-0.3, -0.25) is 0 Å². The van der Waals surface area contributed by atoms with Crippen LogP contribution < -0.4 is 22.9 Å². The predicted molar refractivity (Wildman–Crippen MR) is 189 cm³/mol. The molecule has 242 valence electrons. The van der Waals surface area contributed by atoms with Crippen LogP contribution in [0.3, 0.4) is 0 Å². The first-order chi connectivity index (χ1) is 20.9. The molecule has 5 heteroatoms. The first kappa shape index (κ1) is 33.8. The molecular weight excluding hydrogens is 540 g/mol. The van der Waals surface area contributed by atoms with E-state index in [1.165, 1.54) is 70.3 Å². The molecule has 0 aliphatic heterocycles. The number of rotatable bonds is 10. The number of nitrogen functional groups attached to an aromatic ring is 2. The van der Waals surface area contributed by atoms with E-state index in [0.29, 0.717) is 45.3 Å². The van der Waals surface area contributed by atoms with Gasteiger partial charge in [0.25, 0.3) is 0 Å². The predicted octanol–water partition coefficient (Wildman–Crippen LogP) is 9.10. The fourth-order valence-electron chi connectivity index (χ4n) is 9.47. The lowest BCUT2D eigenvalue weighted by molar-refractivity contribution is -0.0773. The highest BCUT2D eigenvalue weighted by molar-refractivity contribution is 5.67. The zero-order valence-electron chi connectivity index (χ0n) is 27.8. The molecule has 0 aromatic heterocycles. The van der Waals surface area contributed by atoms with Crippen LogP contribution in [0.1, 0.15) is 103 Å². The molecule has 44 heavy (non-hydrogen) atoms. The van der Waals surface area contributed by atoms with E-state index in [2.05, 4.69) is 52.7 Å². The minimum Gasteiger partial charge on any atom is -0.490 e. The molecule has 0 bridgehead atoms. The van der Waals surface area contributed by atoms with Gasteiger partial charge in [-0.2, -0.15) is 0 Å². The highest BCUT2D eigenvalue weighted by atomic mass is 16.5. The summed E-state index contributed by atoms with van der Waals surface area (Å²) in [6, 6.07) is 5.60. The number of nitrogens with two attached hydrogens (primary N) is 4. The lowest BCUT2D eigenvalue weighted by atomic mass is 9.46. The van der Waals surface area contributed by atoms with E-state index in [0.717, 1.165) is 42.1 Å². The zero-order valence-corrected chi connectivity index (χ0v) is 27.8. The van der Waals surface area contributed by atoms with Crippen LogP contribution in [0.25, 0.3) is 5.76 Å². The summed E-state index contributed by atoms with van der Waals surface area (Å²) in [7, 11) is 0. The second kappa shape index (κ2) is 14.3. The van der Waals surface area contributed by atoms with Crippen molar-refractivity contribution in [2.75, 3.05) is 11.5 Å². The van der Waals surface area contributed by atoms with Crippen molar-refractivity contribution in [1.29, 1.82) is 0 Å². The first-order valence-electron chi connectivity index (χ1n) is 17.2. The summed E-state index contributed by atoms with van der Waals surface area (Å²) in [6.45, 7) is 18.7. The minimum atomic E-state index is 0.215. The quantitative estimate of drug-likeness (QED) is 0.0703. The molecule has 1 aromatic rings. The smallest absolute Gasteiger partial charge is 0.119 e. The second-order valence-corrected chi connectivity index (χ2v) is 14.7. The van der Waals surface area contributed by atoms with Crippen LogP contribution in [0.2, 0.25) is 0 Å². The van der Waals surface area contributed by atoms with Crippen LogP contribution in [0.5, 0.6) is 0 Å². The molecule has 0 amide bonds. The van der Waals surface area contributed by atoms with Crippen LogP contribution >= 0.6 is 0 Å². The van der Waals surface area contributed by atoms with Crippen LogP contribution in [0, 0.1) is 40.4 Å². The van der Waals surface area contributed by atoms with Crippen LogP contribution in [0.4, 0.5) is 11.4 Å². The second-order valence-electron chi connectivity index (χ2n) is 14.7. The van der Waals surface area contributed by atoms with E-state index < -0.39 is 0 Å². The van der Waals surface area contributed by atoms with Gasteiger partial charge >= 0.3 is 0 Å². The van der Waals surface area contributed by atoms with Crippen LogP contribution in [-0.4, -0.2) is 6.10 Å². The molecule has 0 spiro atoms. The Bertz CT molecular complexity index is 1230. The Kier molecular flexibility index (Phi) is 11.0. The van der Waals surface area contributed by atoms with E-state index in [-0.39, 0.29) is 6.10 Å². The van der Waals surface area contributed by atoms with Crippen molar-refractivity contribution in [3.05, 3.63) is 79.2 Å². The van der Waals surface area contributed by atoms with Gasteiger partial charge in [0.1, 0.15) is 5.76 Å². The zero-order chi connectivity index (χ0) is 32.1. The molecule has 8 atom stereocenters. The van der Waals surface area contributed by atoms with Crippen molar-refractivity contribution in [1.82, 2.24) is 0 Å². The largest absolute Gasteiger partial charge is 0.490 e. The monoisotopic (exact) mass is 600 g/mol. The number of anilines is 2. The Morgan fingerprint density at radius 1 is 0.909 bits per heavy atom. The molecule has 0 radical (unpaired) electrons. The average Bonchev–Trinajstić information content (AvgIpc) is 3.31. The van der Waals surface area contributed by atoms with Crippen molar-refractivity contribution in [2.24, 2.45) is 51.9 Å². The van der Waals surface area contributed by atoms with E-state index >= 15 is 0 Å². The Labute approximate surface area is 267 Å². The van der Waals surface area contributed by atoms with Crippen molar-refractivity contribution < 1.29 is 4.74 Å². The third-order valence-electron chi connectivity index (χ3n) is 11.9. The van der Waals surface area contributed by atoms with Gasteiger partial charge in [0.05, 0.1) is 6.10 Å². The van der Waals surface area contributed by atoms with Crippen molar-refractivity contribution in [3.8, 4) is 0 Å². The van der Waals surface area contributed by atoms with E-state index in [1.807, 2.05) is 12.1 Å². The number of fused-ring (bicyclic) bond motifs is 5. The lowest BCUT2D eigenvalue weighted by Crippen LogP contribution is -2.52. The van der Waals surface area contributed by atoms with Gasteiger partial charge in [-0.1, -0.05) is 78.3 Å². The summed E-state index contributed by atoms with van der Waals surface area (Å²) in [5, 5.41) is 0. The van der Waals surface area contributed by atoms with Crippen LogP contribution in [0.15, 0.2) is 73.6 Å². The molecule has 5 nitrogen and oxygen atoms in total. The third kappa shape index (κ3) is 7.41. The van der Waals surface area contributed by atoms with Gasteiger partial charge in [-0.25, -0.2) is 0 Å². The van der Waals surface area contributed by atoms with Gasteiger partial charge in [0.15, 0.2) is 0 Å². The Hall–Kier alpha value is -3.08. The topological polar surface area (TPSA) is 113 Å². The standard InChI is InChI=1S/C33H50N2O.C6H10N2/c1-5-6-7-8-9-24-11-13-30-29-12-10-25-20-28(36-22(2)23-18-26(34)21-27(35)19-23)14-16-33(25,4)31(29)15-17-32(24,30)3;1-3-6(8)4-5(2)7/h10,12,18-19,21,24-25,28-31H,2,5-9,11,13-17,20,34-35H2,1,3-4H3;3-4H,1-2,7-8H2/b;6-4+. The number of benzene rings is 1. The maximum atomic E-state index is 6.43. The molecule has 5 rings (SSSR count). The Morgan fingerprint density at radius 3 is 2.23 bits per heavy atom. The Balaban J connectivity index is 0.000000488. The normalized spacial score (nSPS) is 34.0.